The number of carbonyl (C=O) groups excluding carboxylic acids is 1. The third kappa shape index (κ3) is 5.98. The highest BCUT2D eigenvalue weighted by Gasteiger charge is 2.13. The normalized spacial score (nSPS) is 11.4. The fraction of sp³-hybridized carbons (Fsp3) is 0.400. The van der Waals surface area contributed by atoms with Crippen molar-refractivity contribution in [2.45, 2.75) is 26.7 Å². The highest BCUT2D eigenvalue weighted by atomic mass is 32.2. The molecule has 10 heteroatoms. The van der Waals surface area contributed by atoms with Crippen LogP contribution in [0, 0.1) is 6.92 Å². The van der Waals surface area contributed by atoms with Crippen LogP contribution in [0.5, 0.6) is 5.75 Å². The van der Waals surface area contributed by atoms with Crippen LogP contribution >= 0.6 is 11.3 Å². The second-order valence-electron chi connectivity index (χ2n) is 5.82. The molecule has 0 unspecified atom stereocenters. The molecule has 1 aromatic heterocycles. The summed E-state index contributed by atoms with van der Waals surface area (Å²) in [5.74, 6) is 0.534. The van der Waals surface area contributed by atoms with Crippen LogP contribution in [-0.4, -0.2) is 37.4 Å². The Hall–Kier alpha value is -2.20. The van der Waals surface area contributed by atoms with E-state index in [2.05, 4.69) is 34.1 Å². The molecular formula is C15H20N4O4S2. The Morgan fingerprint density at radius 1 is 1.28 bits per heavy atom. The van der Waals surface area contributed by atoms with E-state index in [0.717, 1.165) is 28.7 Å². The van der Waals surface area contributed by atoms with Crippen LogP contribution in [0.1, 0.15) is 30.9 Å². The van der Waals surface area contributed by atoms with Gasteiger partial charge in [0, 0.05) is 0 Å². The van der Waals surface area contributed by atoms with Gasteiger partial charge in [0.1, 0.15) is 5.75 Å². The average Bonchev–Trinajstić information content (AvgIpc) is 2.89. The van der Waals surface area contributed by atoms with E-state index in [0.29, 0.717) is 5.75 Å². The minimum absolute atomic E-state index is 0.0829. The molecule has 1 aromatic carbocycles. The summed E-state index contributed by atoms with van der Waals surface area (Å²) < 4.78 is 30.1. The van der Waals surface area contributed by atoms with E-state index in [-0.39, 0.29) is 22.8 Å². The van der Waals surface area contributed by atoms with Crippen LogP contribution in [0.2, 0.25) is 0 Å². The fourth-order valence-electron chi connectivity index (χ4n) is 2.02. The highest BCUT2D eigenvalue weighted by Crippen LogP contribution is 2.27. The molecule has 2 aromatic rings. The van der Waals surface area contributed by atoms with Crippen molar-refractivity contribution in [2.24, 2.45) is 0 Å². The molecule has 136 valence electrons. The summed E-state index contributed by atoms with van der Waals surface area (Å²) in [5, 5.41) is 10.2. The summed E-state index contributed by atoms with van der Waals surface area (Å²) in [6, 6.07) is 5.88. The molecule has 0 atom stereocenters. The predicted molar refractivity (Wildman–Crippen MR) is 97.8 cm³/mol. The molecule has 8 nitrogen and oxygen atoms in total. The maximum absolute atomic E-state index is 12.0. The van der Waals surface area contributed by atoms with Crippen molar-refractivity contribution < 1.29 is 17.9 Å². The summed E-state index contributed by atoms with van der Waals surface area (Å²) in [5.41, 5.74) is 2.06. The number of sulfonamides is 1. The Kier molecular flexibility index (Phi) is 5.96. The number of nitrogens with one attached hydrogen (secondary N) is 2. The van der Waals surface area contributed by atoms with Crippen LogP contribution in [0.3, 0.4) is 0 Å². The quantitative estimate of drug-likeness (QED) is 0.758. The largest absolute Gasteiger partial charge is 0.483 e. The molecule has 25 heavy (non-hydrogen) atoms. The van der Waals surface area contributed by atoms with Gasteiger partial charge in [-0.15, -0.1) is 10.2 Å². The minimum Gasteiger partial charge on any atom is -0.483 e. The van der Waals surface area contributed by atoms with Crippen molar-refractivity contribution in [1.29, 1.82) is 0 Å². The molecular weight excluding hydrogens is 364 g/mol. The smallest absolute Gasteiger partial charge is 0.264 e. The molecule has 0 saturated heterocycles. The first-order chi connectivity index (χ1) is 11.6. The van der Waals surface area contributed by atoms with Crippen molar-refractivity contribution in [3.63, 3.8) is 0 Å². The van der Waals surface area contributed by atoms with E-state index in [9.17, 15) is 13.2 Å². The van der Waals surface area contributed by atoms with Crippen molar-refractivity contribution in [1.82, 2.24) is 10.2 Å². The van der Waals surface area contributed by atoms with Gasteiger partial charge in [-0.05, 0) is 30.0 Å². The third-order valence-corrected chi connectivity index (χ3v) is 4.54. The number of rotatable bonds is 7. The van der Waals surface area contributed by atoms with Crippen LogP contribution < -0.4 is 14.8 Å². The van der Waals surface area contributed by atoms with E-state index in [1.807, 2.05) is 25.1 Å². The number of nitrogens with zero attached hydrogens (tertiary/aromatic N) is 2. The van der Waals surface area contributed by atoms with Gasteiger partial charge >= 0.3 is 0 Å². The van der Waals surface area contributed by atoms with E-state index < -0.39 is 15.9 Å². The van der Waals surface area contributed by atoms with Gasteiger partial charge in [0.15, 0.2) is 6.61 Å². The molecule has 0 saturated carbocycles. The van der Waals surface area contributed by atoms with Gasteiger partial charge in [-0.25, -0.2) is 8.42 Å². The van der Waals surface area contributed by atoms with Crippen LogP contribution in [0.15, 0.2) is 18.2 Å². The van der Waals surface area contributed by atoms with Gasteiger partial charge in [-0.3, -0.25) is 14.8 Å². The first-order valence-electron chi connectivity index (χ1n) is 7.48. The molecule has 0 bridgehead atoms. The Balaban J connectivity index is 1.97. The van der Waals surface area contributed by atoms with E-state index in [1.165, 1.54) is 0 Å². The fourth-order valence-corrected chi connectivity index (χ4v) is 3.51. The molecule has 0 fully saturated rings. The molecule has 2 N–H and O–H groups in total. The summed E-state index contributed by atoms with van der Waals surface area (Å²) in [6.45, 7) is 5.87. The predicted octanol–water partition coefficient (Wildman–Crippen LogP) is 2.36. The molecule has 2 rings (SSSR count). The van der Waals surface area contributed by atoms with Gasteiger partial charge in [-0.2, -0.15) is 0 Å². The third-order valence-electron chi connectivity index (χ3n) is 3.09. The van der Waals surface area contributed by atoms with Crippen LogP contribution in [-0.2, 0) is 14.8 Å². The molecule has 0 radical (unpaired) electrons. The number of hydrogen-bond donors (Lipinski definition) is 2. The second-order valence-corrected chi connectivity index (χ2v) is 8.55. The highest BCUT2D eigenvalue weighted by molar-refractivity contribution is 7.92. The van der Waals surface area contributed by atoms with Crippen molar-refractivity contribution >= 4 is 37.5 Å². The molecule has 0 aliphatic heterocycles. The number of aryl methyl sites for hydroxylation is 1. The second kappa shape index (κ2) is 7.79. The van der Waals surface area contributed by atoms with Crippen molar-refractivity contribution in [3.8, 4) is 5.75 Å². The minimum atomic E-state index is -3.44. The number of carbonyl (C=O) groups is 1. The maximum Gasteiger partial charge on any atom is 0.264 e. The zero-order valence-electron chi connectivity index (χ0n) is 14.4. The summed E-state index contributed by atoms with van der Waals surface area (Å²) >= 11 is 0.920. The van der Waals surface area contributed by atoms with E-state index >= 15 is 0 Å². The summed E-state index contributed by atoms with van der Waals surface area (Å²) in [6.07, 6.45) is 1.01. The van der Waals surface area contributed by atoms with Gasteiger partial charge in [0.05, 0.1) is 6.26 Å². The molecule has 0 aliphatic rings. The Morgan fingerprint density at radius 3 is 2.60 bits per heavy atom. The number of aromatic nitrogens is 2. The monoisotopic (exact) mass is 384 g/mol. The molecule has 1 heterocycles. The standard InChI is InChI=1S/C15H20N4O4S2/c1-9(2)11-6-5-10(3)7-12(11)23-8-13(20)16-14-17-18-15(24-14)19-25(4,21)22/h5-7,9H,8H2,1-4H3,(H,18,19)(H,16,17,20). The molecule has 0 spiro atoms. The summed E-state index contributed by atoms with van der Waals surface area (Å²) in [4.78, 5) is 12.0. The maximum atomic E-state index is 12.0. The SMILES string of the molecule is Cc1ccc(C(C)C)c(OCC(=O)Nc2nnc(NS(C)(=O)=O)s2)c1. The number of hydrogen-bond acceptors (Lipinski definition) is 7. The number of anilines is 2. The van der Waals surface area contributed by atoms with Gasteiger partial charge in [0.2, 0.25) is 20.3 Å². The van der Waals surface area contributed by atoms with Crippen LogP contribution in [0.25, 0.3) is 0 Å². The zero-order chi connectivity index (χ0) is 18.6. The lowest BCUT2D eigenvalue weighted by molar-refractivity contribution is -0.118. The Morgan fingerprint density at radius 2 is 1.96 bits per heavy atom. The van der Waals surface area contributed by atoms with Crippen molar-refractivity contribution in [3.05, 3.63) is 29.3 Å². The summed E-state index contributed by atoms with van der Waals surface area (Å²) in [7, 11) is -3.44. The lowest BCUT2D eigenvalue weighted by atomic mass is 10.0. The molecule has 1 amide bonds. The van der Waals surface area contributed by atoms with Crippen LogP contribution in [0.4, 0.5) is 10.3 Å². The van der Waals surface area contributed by atoms with Gasteiger partial charge < -0.3 is 4.74 Å². The van der Waals surface area contributed by atoms with E-state index in [1.54, 1.807) is 0 Å². The number of amides is 1. The lowest BCUT2D eigenvalue weighted by Gasteiger charge is -2.14. The number of benzene rings is 1. The zero-order valence-corrected chi connectivity index (χ0v) is 16.0. The Bertz CT molecular complexity index is 862. The van der Waals surface area contributed by atoms with Crippen molar-refractivity contribution in [2.75, 3.05) is 22.9 Å². The topological polar surface area (TPSA) is 110 Å². The van der Waals surface area contributed by atoms with Gasteiger partial charge in [0.25, 0.3) is 5.91 Å². The first kappa shape index (κ1) is 19.1. The number of ether oxygens (including phenoxy) is 1. The van der Waals surface area contributed by atoms with Gasteiger partial charge in [-0.1, -0.05) is 37.3 Å². The average molecular weight is 384 g/mol. The lowest BCUT2D eigenvalue weighted by Crippen LogP contribution is -2.20. The first-order valence-corrected chi connectivity index (χ1v) is 10.2. The molecule has 0 aliphatic carbocycles. The van der Waals surface area contributed by atoms with E-state index in [4.69, 9.17) is 4.74 Å². The Labute approximate surface area is 150 Å².